The fourth-order valence-corrected chi connectivity index (χ4v) is 7.85. The zero-order valence-electron chi connectivity index (χ0n) is 18.3. The number of para-hydroxylation sites is 1. The quantitative estimate of drug-likeness (QED) is 0.322. The maximum Gasteiger partial charge on any atom is 0.144 e. The van der Waals surface area contributed by atoms with Gasteiger partial charge in [0.1, 0.15) is 11.2 Å². The minimum Gasteiger partial charge on any atom is -0.455 e. The number of benzene rings is 2. The van der Waals surface area contributed by atoms with Crippen LogP contribution in [-0.2, 0) is 0 Å². The van der Waals surface area contributed by atoms with Crippen LogP contribution in [0, 0.1) is 11.3 Å². The predicted molar refractivity (Wildman–Crippen MR) is 135 cm³/mol. The highest BCUT2D eigenvalue weighted by Gasteiger charge is 2.33. The maximum absolute atomic E-state index is 10.0. The molecule has 0 amide bonds. The molecule has 2 aromatic carbocycles. The average Bonchev–Trinajstić information content (AvgIpc) is 3.34. The van der Waals surface area contributed by atoms with Crippen molar-refractivity contribution in [1.29, 1.82) is 5.26 Å². The van der Waals surface area contributed by atoms with Gasteiger partial charge in [-0.3, -0.25) is 4.98 Å². The zero-order chi connectivity index (χ0) is 21.9. The third-order valence-electron chi connectivity index (χ3n) is 6.79. The summed E-state index contributed by atoms with van der Waals surface area (Å²) in [5, 5.41) is 14.6. The Kier molecular flexibility index (Phi) is 4.31. The molecular formula is C28H24N2OS. The molecule has 0 unspecified atom stereocenters. The summed E-state index contributed by atoms with van der Waals surface area (Å²) >= 11 is 0. The van der Waals surface area contributed by atoms with Crippen LogP contribution >= 0.6 is 10.0 Å². The summed E-state index contributed by atoms with van der Waals surface area (Å²) in [4.78, 5) is 6.16. The monoisotopic (exact) mass is 436 g/mol. The molecule has 158 valence electrons. The highest BCUT2D eigenvalue weighted by Crippen LogP contribution is 2.64. The molecule has 2 aromatic heterocycles. The van der Waals surface area contributed by atoms with Gasteiger partial charge >= 0.3 is 0 Å². The van der Waals surface area contributed by atoms with E-state index in [0.717, 1.165) is 45.2 Å². The van der Waals surface area contributed by atoms with E-state index in [0.29, 0.717) is 5.56 Å². The number of rotatable bonds is 2. The third kappa shape index (κ3) is 2.78. The molecule has 0 N–H and O–H groups in total. The van der Waals surface area contributed by atoms with Gasteiger partial charge in [0.15, 0.2) is 0 Å². The van der Waals surface area contributed by atoms with Crippen molar-refractivity contribution in [2.75, 3.05) is 12.5 Å². The summed E-state index contributed by atoms with van der Waals surface area (Å²) in [6.45, 7) is 0. The summed E-state index contributed by atoms with van der Waals surface area (Å²) < 4.78 is 6.63. The Morgan fingerprint density at radius 2 is 1.78 bits per heavy atom. The molecule has 1 aliphatic carbocycles. The smallest absolute Gasteiger partial charge is 0.144 e. The topological polar surface area (TPSA) is 49.8 Å². The first-order valence-corrected chi connectivity index (χ1v) is 13.6. The summed E-state index contributed by atoms with van der Waals surface area (Å²) in [5.41, 5.74) is 7.89. The van der Waals surface area contributed by atoms with Crippen LogP contribution in [0.4, 0.5) is 0 Å². The molecule has 0 fully saturated rings. The van der Waals surface area contributed by atoms with Gasteiger partial charge in [-0.1, -0.05) is 18.2 Å². The molecule has 4 aromatic rings. The SMILES string of the molecule is CS1(C)C=C(c2c(C#N)ccc3c2oc2c(-c4ccccn4)cccc23)C2=C1CCCC2. The van der Waals surface area contributed by atoms with E-state index >= 15 is 0 Å². The van der Waals surface area contributed by atoms with E-state index < -0.39 is 10.0 Å². The Labute approximate surface area is 189 Å². The summed E-state index contributed by atoms with van der Waals surface area (Å²) in [5.74, 6) is 0. The Balaban J connectivity index is 1.68. The van der Waals surface area contributed by atoms with Crippen LogP contribution in [0.25, 0.3) is 38.8 Å². The lowest BCUT2D eigenvalue weighted by Gasteiger charge is -2.30. The molecule has 0 spiro atoms. The molecule has 0 saturated carbocycles. The first-order valence-electron chi connectivity index (χ1n) is 11.1. The molecule has 0 bridgehead atoms. The van der Waals surface area contributed by atoms with Crippen molar-refractivity contribution in [3.63, 3.8) is 0 Å². The number of allylic oxidation sites excluding steroid dienone is 3. The van der Waals surface area contributed by atoms with E-state index in [1.807, 2.05) is 30.3 Å². The van der Waals surface area contributed by atoms with Gasteiger partial charge in [-0.05, 0) is 90.0 Å². The zero-order valence-corrected chi connectivity index (χ0v) is 19.1. The molecular weight excluding hydrogens is 412 g/mol. The number of hydrogen-bond acceptors (Lipinski definition) is 3. The van der Waals surface area contributed by atoms with Gasteiger partial charge in [0.25, 0.3) is 0 Å². The van der Waals surface area contributed by atoms with E-state index in [9.17, 15) is 5.26 Å². The van der Waals surface area contributed by atoms with E-state index in [1.165, 1.54) is 30.4 Å². The van der Waals surface area contributed by atoms with Crippen molar-refractivity contribution >= 4 is 37.5 Å². The lowest BCUT2D eigenvalue weighted by molar-refractivity contribution is 0.667. The molecule has 0 atom stereocenters. The van der Waals surface area contributed by atoms with Crippen molar-refractivity contribution in [3.8, 4) is 17.3 Å². The molecule has 1 aliphatic heterocycles. The summed E-state index contributed by atoms with van der Waals surface area (Å²) in [7, 11) is -0.963. The highest BCUT2D eigenvalue weighted by atomic mass is 32.3. The second kappa shape index (κ2) is 7.12. The number of furan rings is 1. The van der Waals surface area contributed by atoms with Crippen molar-refractivity contribution in [1.82, 2.24) is 4.98 Å². The second-order valence-electron chi connectivity index (χ2n) is 9.02. The van der Waals surface area contributed by atoms with Gasteiger partial charge in [-0.2, -0.15) is 5.26 Å². The van der Waals surface area contributed by atoms with Gasteiger partial charge in [0.2, 0.25) is 0 Å². The fourth-order valence-electron chi connectivity index (χ4n) is 5.34. The normalized spacial score (nSPS) is 18.5. The van der Waals surface area contributed by atoms with Crippen LogP contribution in [0.5, 0.6) is 0 Å². The van der Waals surface area contributed by atoms with E-state index in [2.05, 4.69) is 47.2 Å². The van der Waals surface area contributed by atoms with Crippen LogP contribution in [0.2, 0.25) is 0 Å². The van der Waals surface area contributed by atoms with Crippen molar-refractivity contribution < 1.29 is 4.42 Å². The maximum atomic E-state index is 10.0. The molecule has 0 radical (unpaired) electrons. The predicted octanol–water partition coefficient (Wildman–Crippen LogP) is 7.77. The van der Waals surface area contributed by atoms with E-state index in [-0.39, 0.29) is 0 Å². The Hall–Kier alpha value is -3.29. The standard InChI is InChI=1S/C28H24N2OS/c1-32(2)17-23(19-8-3-4-12-25(19)32)26-18(16-29)13-14-21-20-9-7-10-22(27(20)31-28(21)26)24-11-5-6-15-30-24/h5-7,9-11,13-15,17H,3-4,8,12H2,1-2H3. The minimum atomic E-state index is -0.963. The molecule has 3 heterocycles. The molecule has 6 rings (SSSR count). The summed E-state index contributed by atoms with van der Waals surface area (Å²) in [6, 6.07) is 18.6. The number of hydrogen-bond donors (Lipinski definition) is 0. The highest BCUT2D eigenvalue weighted by molar-refractivity contribution is 8.38. The van der Waals surface area contributed by atoms with E-state index in [4.69, 9.17) is 4.42 Å². The molecule has 2 aliphatic rings. The average molecular weight is 437 g/mol. The third-order valence-corrected chi connectivity index (χ3v) is 9.33. The minimum absolute atomic E-state index is 0.691. The van der Waals surface area contributed by atoms with Crippen LogP contribution in [0.1, 0.15) is 36.8 Å². The first kappa shape index (κ1) is 19.4. The Bertz CT molecular complexity index is 1500. The van der Waals surface area contributed by atoms with Crippen LogP contribution < -0.4 is 0 Å². The van der Waals surface area contributed by atoms with Crippen LogP contribution in [0.15, 0.2) is 75.0 Å². The van der Waals surface area contributed by atoms with Crippen molar-refractivity contribution in [2.45, 2.75) is 25.7 Å². The van der Waals surface area contributed by atoms with Crippen LogP contribution in [-0.4, -0.2) is 17.5 Å². The van der Waals surface area contributed by atoms with Crippen molar-refractivity contribution in [3.05, 3.63) is 81.7 Å². The van der Waals surface area contributed by atoms with Crippen LogP contribution in [0.3, 0.4) is 0 Å². The Morgan fingerprint density at radius 3 is 2.59 bits per heavy atom. The number of nitriles is 1. The fraction of sp³-hybridized carbons (Fsp3) is 0.214. The van der Waals surface area contributed by atoms with Gasteiger partial charge in [0, 0.05) is 28.1 Å². The first-order chi connectivity index (χ1) is 15.6. The summed E-state index contributed by atoms with van der Waals surface area (Å²) in [6.07, 6.45) is 11.3. The van der Waals surface area contributed by atoms with Gasteiger partial charge < -0.3 is 4.42 Å². The number of aromatic nitrogens is 1. The van der Waals surface area contributed by atoms with Gasteiger partial charge in [-0.25, -0.2) is 10.0 Å². The largest absolute Gasteiger partial charge is 0.455 e. The van der Waals surface area contributed by atoms with Crippen molar-refractivity contribution in [2.24, 2.45) is 0 Å². The lowest BCUT2D eigenvalue weighted by Crippen LogP contribution is -2.01. The number of nitrogens with zero attached hydrogens (tertiary/aromatic N) is 2. The second-order valence-corrected chi connectivity index (χ2v) is 12.6. The van der Waals surface area contributed by atoms with Gasteiger partial charge in [-0.15, -0.1) is 0 Å². The number of pyridine rings is 1. The van der Waals surface area contributed by atoms with Gasteiger partial charge in [0.05, 0.1) is 17.3 Å². The molecule has 4 heteroatoms. The molecule has 3 nitrogen and oxygen atoms in total. The van der Waals surface area contributed by atoms with E-state index in [1.54, 1.807) is 11.1 Å². The Morgan fingerprint density at radius 1 is 0.938 bits per heavy atom. The molecule has 32 heavy (non-hydrogen) atoms. The number of fused-ring (bicyclic) bond motifs is 3. The molecule has 0 saturated heterocycles. The lowest BCUT2D eigenvalue weighted by atomic mass is 9.87.